The molecule has 2 aromatic heterocycles. The fraction of sp³-hybridized carbons (Fsp3) is 0.143. The fourth-order valence-electron chi connectivity index (χ4n) is 3.15. The summed E-state index contributed by atoms with van der Waals surface area (Å²) in [6.07, 6.45) is 2.07. The van der Waals surface area contributed by atoms with Crippen molar-refractivity contribution in [3.63, 3.8) is 0 Å². The van der Waals surface area contributed by atoms with Gasteiger partial charge < -0.3 is 4.74 Å². The van der Waals surface area contributed by atoms with Crippen molar-refractivity contribution >= 4 is 29.1 Å². The molecule has 0 atom stereocenters. The van der Waals surface area contributed by atoms with Gasteiger partial charge in [0.25, 0.3) is 0 Å². The SMILES string of the molecule is COc1ccc(-c2nc3nc(Cl)cc(C)n3c2-c2ccc(SC)cc2)cc1. The summed E-state index contributed by atoms with van der Waals surface area (Å²) in [6, 6.07) is 18.2. The molecule has 4 aromatic rings. The van der Waals surface area contributed by atoms with Crippen LogP contribution in [0, 0.1) is 6.92 Å². The Kier molecular flexibility index (Phi) is 4.81. The predicted molar refractivity (Wildman–Crippen MR) is 112 cm³/mol. The third-order valence-corrected chi connectivity index (χ3v) is 5.41. The number of hydrogen-bond acceptors (Lipinski definition) is 4. The van der Waals surface area contributed by atoms with E-state index in [-0.39, 0.29) is 0 Å². The number of imidazole rings is 1. The van der Waals surface area contributed by atoms with Gasteiger partial charge in [-0.15, -0.1) is 11.8 Å². The minimum Gasteiger partial charge on any atom is -0.497 e. The second kappa shape index (κ2) is 7.25. The summed E-state index contributed by atoms with van der Waals surface area (Å²) in [5, 5.41) is 0.440. The van der Waals surface area contributed by atoms with Crippen molar-refractivity contribution in [3.8, 4) is 28.3 Å². The Bertz CT molecular complexity index is 1110. The largest absolute Gasteiger partial charge is 0.497 e. The normalized spacial score (nSPS) is 11.1. The lowest BCUT2D eigenvalue weighted by Crippen LogP contribution is -1.97. The van der Waals surface area contributed by atoms with E-state index in [1.165, 1.54) is 4.90 Å². The maximum Gasteiger partial charge on any atom is 0.236 e. The molecule has 0 bridgehead atoms. The van der Waals surface area contributed by atoms with E-state index in [0.717, 1.165) is 34.0 Å². The Morgan fingerprint density at radius 1 is 0.963 bits per heavy atom. The molecular formula is C21H18ClN3OS. The highest BCUT2D eigenvalue weighted by atomic mass is 35.5. The van der Waals surface area contributed by atoms with Crippen LogP contribution in [0.15, 0.2) is 59.5 Å². The summed E-state index contributed by atoms with van der Waals surface area (Å²) in [4.78, 5) is 10.4. The van der Waals surface area contributed by atoms with Crippen LogP contribution in [0.5, 0.6) is 5.75 Å². The van der Waals surface area contributed by atoms with Gasteiger partial charge in [0.05, 0.1) is 18.5 Å². The van der Waals surface area contributed by atoms with Crippen molar-refractivity contribution in [2.24, 2.45) is 0 Å². The molecule has 2 aromatic carbocycles. The average Bonchev–Trinajstić information content (AvgIpc) is 3.07. The summed E-state index contributed by atoms with van der Waals surface area (Å²) in [6.45, 7) is 2.01. The molecule has 0 aliphatic rings. The average molecular weight is 396 g/mol. The number of methoxy groups -OCH3 is 1. The molecule has 4 nitrogen and oxygen atoms in total. The van der Waals surface area contributed by atoms with E-state index in [2.05, 4.69) is 39.9 Å². The number of halogens is 1. The number of thioether (sulfide) groups is 1. The monoisotopic (exact) mass is 395 g/mol. The van der Waals surface area contributed by atoms with E-state index in [1.54, 1.807) is 18.9 Å². The van der Waals surface area contributed by atoms with Crippen LogP contribution in [0.1, 0.15) is 5.69 Å². The van der Waals surface area contributed by atoms with Crippen molar-refractivity contribution in [1.82, 2.24) is 14.4 Å². The fourth-order valence-corrected chi connectivity index (χ4v) is 3.79. The number of aromatic nitrogens is 3. The van der Waals surface area contributed by atoms with E-state index in [0.29, 0.717) is 10.9 Å². The quantitative estimate of drug-likeness (QED) is 0.325. The molecule has 2 heterocycles. The first-order chi connectivity index (χ1) is 13.1. The molecule has 0 N–H and O–H groups in total. The molecule has 0 fully saturated rings. The van der Waals surface area contributed by atoms with Crippen LogP contribution in [0.25, 0.3) is 28.3 Å². The van der Waals surface area contributed by atoms with E-state index < -0.39 is 0 Å². The molecule has 0 spiro atoms. The van der Waals surface area contributed by atoms with E-state index in [9.17, 15) is 0 Å². The summed E-state index contributed by atoms with van der Waals surface area (Å²) < 4.78 is 7.34. The summed E-state index contributed by atoms with van der Waals surface area (Å²) >= 11 is 7.90. The van der Waals surface area contributed by atoms with Gasteiger partial charge in [-0.2, -0.15) is 0 Å². The first-order valence-corrected chi connectivity index (χ1v) is 10.1. The van der Waals surface area contributed by atoms with Crippen molar-refractivity contribution in [2.45, 2.75) is 11.8 Å². The molecule has 0 unspecified atom stereocenters. The van der Waals surface area contributed by atoms with Crippen LogP contribution in [0.4, 0.5) is 0 Å². The molecule has 27 heavy (non-hydrogen) atoms. The molecule has 0 amide bonds. The van der Waals surface area contributed by atoms with Gasteiger partial charge in [-0.1, -0.05) is 23.7 Å². The van der Waals surface area contributed by atoms with Crippen molar-refractivity contribution in [1.29, 1.82) is 0 Å². The molecule has 0 saturated carbocycles. The molecule has 0 radical (unpaired) electrons. The van der Waals surface area contributed by atoms with Crippen LogP contribution in [-0.2, 0) is 0 Å². The molecule has 4 rings (SSSR count). The Morgan fingerprint density at radius 2 is 1.63 bits per heavy atom. The second-order valence-electron chi connectivity index (χ2n) is 6.12. The summed E-state index contributed by atoms with van der Waals surface area (Å²) in [5.74, 6) is 1.40. The number of fused-ring (bicyclic) bond motifs is 1. The maximum atomic E-state index is 6.17. The molecule has 0 saturated heterocycles. The van der Waals surface area contributed by atoms with Gasteiger partial charge in [0, 0.05) is 21.7 Å². The topological polar surface area (TPSA) is 39.4 Å². The zero-order valence-electron chi connectivity index (χ0n) is 15.2. The molecule has 6 heteroatoms. The number of benzene rings is 2. The lowest BCUT2D eigenvalue weighted by atomic mass is 10.0. The predicted octanol–water partition coefficient (Wildman–Crippen LogP) is 5.76. The van der Waals surface area contributed by atoms with Crippen LogP contribution in [0.3, 0.4) is 0 Å². The second-order valence-corrected chi connectivity index (χ2v) is 7.39. The first kappa shape index (κ1) is 17.9. The number of aryl methyl sites for hydroxylation is 1. The lowest BCUT2D eigenvalue weighted by molar-refractivity contribution is 0.415. The number of rotatable bonds is 4. The molecule has 0 aliphatic heterocycles. The van der Waals surface area contributed by atoms with Gasteiger partial charge >= 0.3 is 0 Å². The van der Waals surface area contributed by atoms with Gasteiger partial charge in [-0.3, -0.25) is 4.40 Å². The van der Waals surface area contributed by atoms with Gasteiger partial charge in [-0.05, 0) is 55.6 Å². The van der Waals surface area contributed by atoms with Crippen molar-refractivity contribution < 1.29 is 4.74 Å². The third kappa shape index (κ3) is 3.29. The zero-order chi connectivity index (χ0) is 19.0. The zero-order valence-corrected chi connectivity index (χ0v) is 16.8. The minimum atomic E-state index is 0.440. The lowest BCUT2D eigenvalue weighted by Gasteiger charge is -2.09. The van der Waals surface area contributed by atoms with Crippen LogP contribution in [0.2, 0.25) is 5.15 Å². The van der Waals surface area contributed by atoms with Gasteiger partial charge in [0.15, 0.2) is 0 Å². The van der Waals surface area contributed by atoms with Gasteiger partial charge in [-0.25, -0.2) is 9.97 Å². The Balaban J connectivity index is 2.00. The minimum absolute atomic E-state index is 0.440. The number of nitrogens with zero attached hydrogens (tertiary/aromatic N) is 3. The van der Waals surface area contributed by atoms with Crippen LogP contribution in [-0.4, -0.2) is 27.7 Å². The third-order valence-electron chi connectivity index (χ3n) is 4.47. The summed E-state index contributed by atoms with van der Waals surface area (Å²) in [5.41, 5.74) is 4.94. The highest BCUT2D eigenvalue weighted by molar-refractivity contribution is 7.98. The Hall–Kier alpha value is -2.50. The van der Waals surface area contributed by atoms with Crippen LogP contribution >= 0.6 is 23.4 Å². The van der Waals surface area contributed by atoms with Crippen molar-refractivity contribution in [2.75, 3.05) is 13.4 Å². The maximum absolute atomic E-state index is 6.17. The van der Waals surface area contributed by atoms with Crippen LogP contribution < -0.4 is 4.74 Å². The number of ether oxygens (including phenoxy) is 1. The Morgan fingerprint density at radius 3 is 2.26 bits per heavy atom. The molecule has 0 aliphatic carbocycles. The van der Waals surface area contributed by atoms with E-state index in [4.69, 9.17) is 21.3 Å². The molecule has 136 valence electrons. The van der Waals surface area contributed by atoms with Gasteiger partial charge in [0.1, 0.15) is 10.9 Å². The van der Waals surface area contributed by atoms with Gasteiger partial charge in [0.2, 0.25) is 5.78 Å². The molecular weight excluding hydrogens is 378 g/mol. The highest BCUT2D eigenvalue weighted by Crippen LogP contribution is 2.35. The standard InChI is InChI=1S/C21H18ClN3OS/c1-13-12-18(22)23-21-24-19(14-4-8-16(26-2)9-5-14)20(25(13)21)15-6-10-17(27-3)11-7-15/h4-12H,1-3H3. The summed E-state index contributed by atoms with van der Waals surface area (Å²) in [7, 11) is 1.66. The highest BCUT2D eigenvalue weighted by Gasteiger charge is 2.18. The Labute approximate surface area is 167 Å². The van der Waals surface area contributed by atoms with Crippen molar-refractivity contribution in [3.05, 3.63) is 65.4 Å². The smallest absolute Gasteiger partial charge is 0.236 e. The first-order valence-electron chi connectivity index (χ1n) is 8.45. The number of hydrogen-bond donors (Lipinski definition) is 0. The van der Waals surface area contributed by atoms with E-state index >= 15 is 0 Å². The van der Waals surface area contributed by atoms with E-state index in [1.807, 2.05) is 37.3 Å².